The van der Waals surface area contributed by atoms with Crippen molar-refractivity contribution in [2.45, 2.75) is 44.9 Å². The molecule has 0 aliphatic carbocycles. The first-order chi connectivity index (χ1) is 16.7. The van der Waals surface area contributed by atoms with Gasteiger partial charge >= 0.3 is 0 Å². The molecule has 0 aromatic carbocycles. The number of aryl methyl sites for hydroxylation is 1. The van der Waals surface area contributed by atoms with Gasteiger partial charge < -0.3 is 20.3 Å². The summed E-state index contributed by atoms with van der Waals surface area (Å²) >= 11 is 0. The molecule has 0 saturated carbocycles. The van der Waals surface area contributed by atoms with Crippen LogP contribution in [-0.2, 0) is 20.3 Å². The lowest BCUT2D eigenvalue weighted by molar-refractivity contribution is -0.114. The van der Waals surface area contributed by atoms with Crippen LogP contribution in [0.2, 0.25) is 0 Å². The van der Waals surface area contributed by atoms with Gasteiger partial charge in [-0.25, -0.2) is 9.97 Å². The van der Waals surface area contributed by atoms with E-state index in [1.165, 1.54) is 6.92 Å². The molecule has 3 aromatic heterocycles. The summed E-state index contributed by atoms with van der Waals surface area (Å²) in [5, 5.41) is 6.51. The van der Waals surface area contributed by atoms with E-state index in [9.17, 15) is 9.00 Å². The lowest BCUT2D eigenvalue weighted by atomic mass is 10.1. The van der Waals surface area contributed by atoms with Crippen LogP contribution in [-0.4, -0.2) is 56.6 Å². The van der Waals surface area contributed by atoms with Gasteiger partial charge in [0.05, 0.1) is 46.3 Å². The number of pyridine rings is 3. The minimum Gasteiger partial charge on any atom is -0.372 e. The van der Waals surface area contributed by atoms with E-state index in [1.807, 2.05) is 31.3 Å². The van der Waals surface area contributed by atoms with Gasteiger partial charge in [-0.15, -0.1) is 0 Å². The Kier molecular flexibility index (Phi) is 7.42. The van der Waals surface area contributed by atoms with Crippen LogP contribution in [0.1, 0.15) is 26.3 Å². The third-order valence-electron chi connectivity index (χ3n) is 5.52. The van der Waals surface area contributed by atoms with Crippen molar-refractivity contribution in [3.8, 4) is 11.3 Å². The lowest BCUT2D eigenvalue weighted by Gasteiger charge is -2.36. The summed E-state index contributed by atoms with van der Waals surface area (Å²) in [5.41, 5.74) is 4.10. The molecule has 184 valence electrons. The van der Waals surface area contributed by atoms with E-state index in [-0.39, 0.29) is 18.1 Å². The topological polar surface area (TPSA) is 109 Å². The second kappa shape index (κ2) is 10.5. The zero-order valence-electron chi connectivity index (χ0n) is 20.5. The first-order valence-electron chi connectivity index (χ1n) is 11.4. The molecule has 4 rings (SSSR count). The maximum Gasteiger partial charge on any atom is 0.222 e. The van der Waals surface area contributed by atoms with Gasteiger partial charge in [-0.05, 0) is 50.6 Å². The summed E-state index contributed by atoms with van der Waals surface area (Å²) in [4.78, 5) is 27.4. The van der Waals surface area contributed by atoms with E-state index >= 15 is 0 Å². The van der Waals surface area contributed by atoms with Crippen molar-refractivity contribution in [2.75, 3.05) is 34.9 Å². The molecule has 2 N–H and O–H groups in total. The highest BCUT2D eigenvalue weighted by Crippen LogP contribution is 2.32. The van der Waals surface area contributed by atoms with E-state index in [0.717, 1.165) is 35.6 Å². The van der Waals surface area contributed by atoms with Crippen LogP contribution in [0.4, 0.5) is 23.0 Å². The third-order valence-corrected chi connectivity index (χ3v) is 6.32. The van der Waals surface area contributed by atoms with E-state index < -0.39 is 10.8 Å². The number of aromatic nitrogens is 3. The molecule has 4 heterocycles. The number of nitrogens with one attached hydrogen (secondary N) is 2. The summed E-state index contributed by atoms with van der Waals surface area (Å²) < 4.78 is 17.9. The number of hydrogen-bond donors (Lipinski definition) is 2. The number of anilines is 4. The molecule has 35 heavy (non-hydrogen) atoms. The quantitative estimate of drug-likeness (QED) is 0.531. The minimum absolute atomic E-state index is 0.156. The standard InChI is InChI=1S/C25H30N6O3S/c1-15-8-24(30-25(9-15)35(5)33)29-22-10-23(28-18(4)32)27-12-20(22)21-7-6-19(11-26-21)31-13-16(2)34-17(3)14-31/h6-12,16-17H,13-14H2,1-5H3,(H2,27,28,29,30,32). The summed E-state index contributed by atoms with van der Waals surface area (Å²) in [6, 6.07) is 9.41. The van der Waals surface area contributed by atoms with Crippen molar-refractivity contribution in [3.63, 3.8) is 0 Å². The summed E-state index contributed by atoms with van der Waals surface area (Å²) in [7, 11) is -1.22. The first-order valence-corrected chi connectivity index (χ1v) is 13.0. The Bertz CT molecular complexity index is 1240. The molecule has 1 amide bonds. The molecule has 10 heteroatoms. The van der Waals surface area contributed by atoms with Gasteiger partial charge in [0.25, 0.3) is 0 Å². The van der Waals surface area contributed by atoms with E-state index in [0.29, 0.717) is 22.3 Å². The summed E-state index contributed by atoms with van der Waals surface area (Å²) in [5.74, 6) is 0.734. The molecule has 0 spiro atoms. The van der Waals surface area contributed by atoms with E-state index in [4.69, 9.17) is 9.72 Å². The summed E-state index contributed by atoms with van der Waals surface area (Å²) in [6.45, 7) is 9.12. The number of morpholine rings is 1. The number of ether oxygens (including phenoxy) is 1. The maximum absolute atomic E-state index is 12.0. The molecular formula is C25H30N6O3S. The molecule has 3 unspecified atom stereocenters. The minimum atomic E-state index is -1.22. The fourth-order valence-corrected chi connectivity index (χ4v) is 4.70. The number of rotatable bonds is 6. The molecule has 1 aliphatic heterocycles. The van der Waals surface area contributed by atoms with E-state index in [1.54, 1.807) is 24.6 Å². The largest absolute Gasteiger partial charge is 0.372 e. The highest BCUT2D eigenvalue weighted by molar-refractivity contribution is 7.84. The fraction of sp³-hybridized carbons (Fsp3) is 0.360. The number of hydrogen-bond acceptors (Lipinski definition) is 8. The van der Waals surface area contributed by atoms with Gasteiger partial charge in [-0.1, -0.05) is 0 Å². The average molecular weight is 495 g/mol. The van der Waals surface area contributed by atoms with Crippen molar-refractivity contribution < 1.29 is 13.7 Å². The van der Waals surface area contributed by atoms with Crippen molar-refractivity contribution in [1.29, 1.82) is 0 Å². The Morgan fingerprint density at radius 1 is 1.09 bits per heavy atom. The smallest absolute Gasteiger partial charge is 0.222 e. The average Bonchev–Trinajstić information content (AvgIpc) is 2.78. The fourth-order valence-electron chi connectivity index (χ4n) is 4.12. The molecule has 9 nitrogen and oxygen atoms in total. The predicted molar refractivity (Wildman–Crippen MR) is 139 cm³/mol. The van der Waals surface area contributed by atoms with Gasteiger partial charge in [0.2, 0.25) is 5.91 Å². The van der Waals surface area contributed by atoms with Crippen LogP contribution in [0.25, 0.3) is 11.3 Å². The zero-order chi connectivity index (χ0) is 25.1. The van der Waals surface area contributed by atoms with Crippen molar-refractivity contribution in [2.24, 2.45) is 0 Å². The van der Waals surface area contributed by atoms with Gasteiger partial charge in [-0.3, -0.25) is 14.0 Å². The van der Waals surface area contributed by atoms with Gasteiger partial charge in [0.1, 0.15) is 16.7 Å². The molecule has 1 saturated heterocycles. The number of carbonyl (C=O) groups excluding carboxylic acids is 1. The van der Waals surface area contributed by atoms with Crippen LogP contribution in [0.3, 0.4) is 0 Å². The molecule has 3 atom stereocenters. The second-order valence-corrected chi connectivity index (χ2v) is 10.1. The number of carbonyl (C=O) groups is 1. The highest BCUT2D eigenvalue weighted by atomic mass is 32.2. The predicted octanol–water partition coefficient (Wildman–Crippen LogP) is 3.90. The molecule has 0 radical (unpaired) electrons. The van der Waals surface area contributed by atoms with Crippen molar-refractivity contribution >= 4 is 39.7 Å². The Labute approximate surface area is 207 Å². The normalized spacial score (nSPS) is 18.7. The van der Waals surface area contributed by atoms with E-state index in [2.05, 4.69) is 39.3 Å². The van der Waals surface area contributed by atoms with Crippen LogP contribution in [0.5, 0.6) is 0 Å². The Morgan fingerprint density at radius 2 is 1.83 bits per heavy atom. The third kappa shape index (κ3) is 6.20. The van der Waals surface area contributed by atoms with Gasteiger partial charge in [0, 0.05) is 44.1 Å². The number of nitrogens with zero attached hydrogens (tertiary/aromatic N) is 4. The van der Waals surface area contributed by atoms with Crippen molar-refractivity contribution in [3.05, 3.63) is 48.3 Å². The summed E-state index contributed by atoms with van der Waals surface area (Å²) in [6.07, 6.45) is 5.44. The maximum atomic E-state index is 12.0. The van der Waals surface area contributed by atoms with Crippen molar-refractivity contribution in [1.82, 2.24) is 15.0 Å². The van der Waals surface area contributed by atoms with Crippen LogP contribution in [0, 0.1) is 6.92 Å². The second-order valence-electron chi connectivity index (χ2n) is 8.81. The van der Waals surface area contributed by atoms with Gasteiger partial charge in [-0.2, -0.15) is 0 Å². The Hall–Kier alpha value is -3.37. The van der Waals surface area contributed by atoms with Crippen LogP contribution >= 0.6 is 0 Å². The van der Waals surface area contributed by atoms with Gasteiger partial charge in [0.15, 0.2) is 0 Å². The Morgan fingerprint density at radius 3 is 2.46 bits per heavy atom. The highest BCUT2D eigenvalue weighted by Gasteiger charge is 2.23. The molecule has 3 aromatic rings. The molecular weight excluding hydrogens is 464 g/mol. The van der Waals surface area contributed by atoms with Crippen LogP contribution in [0.15, 0.2) is 47.8 Å². The zero-order valence-corrected chi connectivity index (χ0v) is 21.3. The van der Waals surface area contributed by atoms with Crippen LogP contribution < -0.4 is 15.5 Å². The number of amides is 1. The lowest BCUT2D eigenvalue weighted by Crippen LogP contribution is -2.45. The SMILES string of the molecule is CC(=O)Nc1cc(Nc2cc(C)cc(S(C)=O)n2)c(-c2ccc(N3CC(C)OC(C)C3)cn2)cn1. The molecule has 1 fully saturated rings. The first kappa shape index (κ1) is 24.7. The Balaban J connectivity index is 1.68. The monoisotopic (exact) mass is 494 g/mol. The molecule has 0 bridgehead atoms. The molecule has 1 aliphatic rings.